The van der Waals surface area contributed by atoms with Crippen molar-refractivity contribution in [3.8, 4) is 0 Å². The molecule has 1 N–H and O–H groups in total. The molecule has 6 nitrogen and oxygen atoms in total. The first-order valence-electron chi connectivity index (χ1n) is 8.88. The molecule has 2 aromatic heterocycles. The van der Waals surface area contributed by atoms with Crippen molar-refractivity contribution in [3.05, 3.63) is 54.4 Å². The number of imidazole rings is 1. The van der Waals surface area contributed by atoms with Crippen molar-refractivity contribution in [2.24, 2.45) is 0 Å². The zero-order chi connectivity index (χ0) is 17.3. The lowest BCUT2D eigenvalue weighted by atomic mass is 10.2. The molecule has 0 unspecified atom stereocenters. The van der Waals surface area contributed by atoms with Gasteiger partial charge in [-0.05, 0) is 43.5 Å². The molecule has 1 aliphatic rings. The van der Waals surface area contributed by atoms with Crippen molar-refractivity contribution in [1.82, 2.24) is 24.8 Å². The van der Waals surface area contributed by atoms with Crippen LogP contribution in [-0.4, -0.2) is 63.4 Å². The van der Waals surface area contributed by atoms with E-state index in [4.69, 9.17) is 0 Å². The number of nitrogens with one attached hydrogen (secondary N) is 1. The molecule has 1 aliphatic heterocycles. The van der Waals surface area contributed by atoms with Crippen LogP contribution < -0.4 is 0 Å². The van der Waals surface area contributed by atoms with Gasteiger partial charge < -0.3 is 9.88 Å². The SMILES string of the molecule is O=C(C=Cc1cccnc1)N1CCN(CCCCc2cnc[nH]2)CC1. The Kier molecular flexibility index (Phi) is 6.34. The number of carbonyl (C=O) groups is 1. The first kappa shape index (κ1) is 17.4. The van der Waals surface area contributed by atoms with Gasteiger partial charge in [-0.1, -0.05) is 6.07 Å². The van der Waals surface area contributed by atoms with Crippen LogP contribution in [-0.2, 0) is 11.2 Å². The van der Waals surface area contributed by atoms with Gasteiger partial charge in [0.25, 0.3) is 0 Å². The second kappa shape index (κ2) is 9.13. The minimum absolute atomic E-state index is 0.0859. The third-order valence-electron chi connectivity index (χ3n) is 4.51. The number of hydrogen-bond acceptors (Lipinski definition) is 4. The number of aryl methyl sites for hydroxylation is 1. The van der Waals surface area contributed by atoms with Crippen molar-refractivity contribution in [2.75, 3.05) is 32.7 Å². The molecule has 0 aromatic carbocycles. The van der Waals surface area contributed by atoms with Gasteiger partial charge in [0.2, 0.25) is 5.91 Å². The Morgan fingerprint density at radius 1 is 1.16 bits per heavy atom. The minimum atomic E-state index is 0.0859. The van der Waals surface area contributed by atoms with Gasteiger partial charge in [-0.2, -0.15) is 0 Å². The van der Waals surface area contributed by atoms with E-state index >= 15 is 0 Å². The molecule has 1 saturated heterocycles. The Hall–Kier alpha value is -2.47. The molecule has 6 heteroatoms. The van der Waals surface area contributed by atoms with Gasteiger partial charge in [0.1, 0.15) is 0 Å². The first-order chi connectivity index (χ1) is 12.3. The summed E-state index contributed by atoms with van der Waals surface area (Å²) in [6.45, 7) is 4.61. The first-order valence-corrected chi connectivity index (χ1v) is 8.88. The molecule has 25 heavy (non-hydrogen) atoms. The molecule has 132 valence electrons. The van der Waals surface area contributed by atoms with Crippen LogP contribution in [0.3, 0.4) is 0 Å². The number of rotatable bonds is 7. The minimum Gasteiger partial charge on any atom is -0.348 e. The Morgan fingerprint density at radius 3 is 2.76 bits per heavy atom. The molecule has 0 spiro atoms. The van der Waals surface area contributed by atoms with Gasteiger partial charge in [0.15, 0.2) is 0 Å². The number of amides is 1. The fourth-order valence-electron chi connectivity index (χ4n) is 3.01. The summed E-state index contributed by atoms with van der Waals surface area (Å²) in [5.74, 6) is 0.0859. The highest BCUT2D eigenvalue weighted by atomic mass is 16.2. The lowest BCUT2D eigenvalue weighted by Gasteiger charge is -2.34. The maximum Gasteiger partial charge on any atom is 0.246 e. The maximum absolute atomic E-state index is 12.3. The second-order valence-corrected chi connectivity index (χ2v) is 6.32. The predicted molar refractivity (Wildman–Crippen MR) is 97.8 cm³/mol. The number of carbonyl (C=O) groups excluding carboxylic acids is 1. The van der Waals surface area contributed by atoms with E-state index in [1.807, 2.05) is 29.3 Å². The predicted octanol–water partition coefficient (Wildman–Crippen LogP) is 1.99. The molecule has 0 radical (unpaired) electrons. The molecule has 0 saturated carbocycles. The van der Waals surface area contributed by atoms with Gasteiger partial charge >= 0.3 is 0 Å². The second-order valence-electron chi connectivity index (χ2n) is 6.32. The highest BCUT2D eigenvalue weighted by Gasteiger charge is 2.19. The summed E-state index contributed by atoms with van der Waals surface area (Å²) in [6.07, 6.45) is 14.0. The zero-order valence-corrected chi connectivity index (χ0v) is 14.5. The summed E-state index contributed by atoms with van der Waals surface area (Å²) in [4.78, 5) is 27.9. The van der Waals surface area contributed by atoms with Crippen LogP contribution in [0.2, 0.25) is 0 Å². The van der Waals surface area contributed by atoms with Gasteiger partial charge in [-0.25, -0.2) is 4.98 Å². The molecule has 2 aromatic rings. The summed E-state index contributed by atoms with van der Waals surface area (Å²) in [7, 11) is 0. The van der Waals surface area contributed by atoms with E-state index in [0.717, 1.165) is 51.1 Å². The molecular weight excluding hydrogens is 314 g/mol. The number of pyridine rings is 1. The number of aromatic amines is 1. The third-order valence-corrected chi connectivity index (χ3v) is 4.51. The van der Waals surface area contributed by atoms with E-state index in [1.165, 1.54) is 12.1 Å². The highest BCUT2D eigenvalue weighted by Crippen LogP contribution is 2.07. The van der Waals surface area contributed by atoms with E-state index in [9.17, 15) is 4.79 Å². The Bertz CT molecular complexity index is 660. The fraction of sp³-hybridized carbons (Fsp3) is 0.421. The molecule has 3 heterocycles. The number of piperazine rings is 1. The Balaban J connectivity index is 1.34. The molecule has 0 aliphatic carbocycles. The summed E-state index contributed by atoms with van der Waals surface area (Å²) in [5, 5.41) is 0. The van der Waals surface area contributed by atoms with Gasteiger partial charge in [0, 0.05) is 56.5 Å². The molecular formula is C19H25N5O. The van der Waals surface area contributed by atoms with E-state index < -0.39 is 0 Å². The average molecular weight is 339 g/mol. The van der Waals surface area contributed by atoms with Crippen molar-refractivity contribution in [1.29, 1.82) is 0 Å². The van der Waals surface area contributed by atoms with Crippen molar-refractivity contribution in [3.63, 3.8) is 0 Å². The molecule has 0 atom stereocenters. The van der Waals surface area contributed by atoms with E-state index in [0.29, 0.717) is 0 Å². The van der Waals surface area contributed by atoms with Crippen LogP contribution in [0.25, 0.3) is 6.08 Å². The monoisotopic (exact) mass is 339 g/mol. The summed E-state index contributed by atoms with van der Waals surface area (Å²) < 4.78 is 0. The number of nitrogens with zero attached hydrogens (tertiary/aromatic N) is 4. The van der Waals surface area contributed by atoms with Crippen LogP contribution in [0.1, 0.15) is 24.1 Å². The van der Waals surface area contributed by atoms with Crippen LogP contribution >= 0.6 is 0 Å². The largest absolute Gasteiger partial charge is 0.348 e. The van der Waals surface area contributed by atoms with Crippen molar-refractivity contribution < 1.29 is 4.79 Å². The summed E-state index contributed by atoms with van der Waals surface area (Å²) in [5.41, 5.74) is 2.16. The average Bonchev–Trinajstić information content (AvgIpc) is 3.18. The van der Waals surface area contributed by atoms with Crippen LogP contribution in [0.5, 0.6) is 0 Å². The van der Waals surface area contributed by atoms with Gasteiger partial charge in [0.05, 0.1) is 6.33 Å². The molecule has 1 amide bonds. The standard InChI is InChI=1S/C19H25N5O/c25-19(7-6-17-4-3-8-20-14-17)24-12-10-23(11-13-24)9-2-1-5-18-15-21-16-22-18/h3-4,6-8,14-16H,1-2,5,9-13H2,(H,21,22). The van der Waals surface area contributed by atoms with Crippen molar-refractivity contribution >= 4 is 12.0 Å². The van der Waals surface area contributed by atoms with E-state index in [2.05, 4.69) is 19.9 Å². The Morgan fingerprint density at radius 2 is 2.04 bits per heavy atom. The van der Waals surface area contributed by atoms with Crippen LogP contribution in [0.15, 0.2) is 43.1 Å². The third kappa shape index (κ3) is 5.53. The number of aromatic nitrogens is 3. The quantitative estimate of drug-likeness (QED) is 0.619. The Labute approximate surface area is 148 Å². The normalized spacial score (nSPS) is 15.8. The van der Waals surface area contributed by atoms with Crippen LogP contribution in [0, 0.1) is 0 Å². The summed E-state index contributed by atoms with van der Waals surface area (Å²) in [6, 6.07) is 3.81. The molecule has 0 bridgehead atoms. The zero-order valence-electron chi connectivity index (χ0n) is 14.5. The number of unbranched alkanes of at least 4 members (excludes halogenated alkanes) is 1. The van der Waals surface area contributed by atoms with E-state index in [-0.39, 0.29) is 5.91 Å². The number of hydrogen-bond donors (Lipinski definition) is 1. The fourth-order valence-corrected chi connectivity index (χ4v) is 3.01. The molecule has 3 rings (SSSR count). The number of H-pyrrole nitrogens is 1. The maximum atomic E-state index is 12.3. The van der Waals surface area contributed by atoms with Crippen LogP contribution in [0.4, 0.5) is 0 Å². The van der Waals surface area contributed by atoms with E-state index in [1.54, 1.807) is 24.8 Å². The lowest BCUT2D eigenvalue weighted by molar-refractivity contribution is -0.127. The molecule has 1 fully saturated rings. The smallest absolute Gasteiger partial charge is 0.246 e. The highest BCUT2D eigenvalue weighted by molar-refractivity contribution is 5.91. The lowest BCUT2D eigenvalue weighted by Crippen LogP contribution is -2.48. The topological polar surface area (TPSA) is 65.1 Å². The summed E-state index contributed by atoms with van der Waals surface area (Å²) >= 11 is 0. The van der Waals surface area contributed by atoms with Gasteiger partial charge in [-0.15, -0.1) is 0 Å². The van der Waals surface area contributed by atoms with Gasteiger partial charge in [-0.3, -0.25) is 14.7 Å². The van der Waals surface area contributed by atoms with Crippen molar-refractivity contribution in [2.45, 2.75) is 19.3 Å².